The van der Waals surface area contributed by atoms with Gasteiger partial charge in [0.05, 0.1) is 5.60 Å². The third-order valence-electron chi connectivity index (χ3n) is 5.37. The first kappa shape index (κ1) is 20.1. The van der Waals surface area contributed by atoms with Crippen molar-refractivity contribution in [2.75, 3.05) is 32.7 Å². The summed E-state index contributed by atoms with van der Waals surface area (Å²) in [7, 11) is 0. The Bertz CT molecular complexity index is 591. The third-order valence-corrected chi connectivity index (χ3v) is 5.37. The van der Waals surface area contributed by atoms with Crippen molar-refractivity contribution in [3.63, 3.8) is 0 Å². The molecule has 1 aromatic rings. The maximum atomic E-state index is 13.7. The highest BCUT2D eigenvalue weighted by Crippen LogP contribution is 2.32. The number of carbonyl (C=O) groups excluding carboxylic acids is 1. The standard InChI is InChI=1S/C19H27FN2O2.ClH/c1-3-22-14-19(24-15(2)18(22)23)9-12-21(13-10-19)11-8-16-6-4-5-7-17(16)20;/h4-7,15H,3,8-14H2,1-2H3;1H/t15-;/m1./s1. The second-order valence-electron chi connectivity index (χ2n) is 6.98. The molecule has 25 heavy (non-hydrogen) atoms. The summed E-state index contributed by atoms with van der Waals surface area (Å²) >= 11 is 0. The summed E-state index contributed by atoms with van der Waals surface area (Å²) in [4.78, 5) is 16.4. The predicted octanol–water partition coefficient (Wildman–Crippen LogP) is 2.89. The number of hydrogen-bond donors (Lipinski definition) is 0. The van der Waals surface area contributed by atoms with Crippen molar-refractivity contribution >= 4 is 18.3 Å². The van der Waals surface area contributed by atoms with E-state index in [2.05, 4.69) is 4.90 Å². The van der Waals surface area contributed by atoms with E-state index in [1.165, 1.54) is 6.07 Å². The number of rotatable bonds is 4. The Hall–Kier alpha value is -1.17. The molecule has 140 valence electrons. The van der Waals surface area contributed by atoms with Crippen molar-refractivity contribution in [1.82, 2.24) is 9.80 Å². The van der Waals surface area contributed by atoms with E-state index < -0.39 is 0 Å². The molecule has 2 fully saturated rings. The van der Waals surface area contributed by atoms with E-state index in [1.807, 2.05) is 30.9 Å². The highest BCUT2D eigenvalue weighted by atomic mass is 35.5. The predicted molar refractivity (Wildman–Crippen MR) is 98.6 cm³/mol. The van der Waals surface area contributed by atoms with Crippen LogP contribution in [0.15, 0.2) is 24.3 Å². The molecule has 0 aromatic heterocycles. The molecular formula is C19H28ClFN2O2. The van der Waals surface area contributed by atoms with Gasteiger partial charge in [0, 0.05) is 32.7 Å². The molecular weight excluding hydrogens is 343 g/mol. The zero-order valence-corrected chi connectivity index (χ0v) is 15.9. The van der Waals surface area contributed by atoms with Gasteiger partial charge in [-0.1, -0.05) is 18.2 Å². The highest BCUT2D eigenvalue weighted by molar-refractivity contribution is 5.85. The molecule has 0 unspecified atom stereocenters. The average Bonchev–Trinajstić information content (AvgIpc) is 2.59. The number of carbonyl (C=O) groups is 1. The fraction of sp³-hybridized carbons (Fsp3) is 0.632. The van der Waals surface area contributed by atoms with Crippen molar-refractivity contribution in [3.8, 4) is 0 Å². The fourth-order valence-electron chi connectivity index (χ4n) is 3.85. The van der Waals surface area contributed by atoms with Crippen LogP contribution in [0.4, 0.5) is 4.39 Å². The molecule has 0 N–H and O–H groups in total. The second-order valence-corrected chi connectivity index (χ2v) is 6.98. The Morgan fingerprint density at radius 1 is 1.28 bits per heavy atom. The zero-order chi connectivity index (χ0) is 17.2. The molecule has 1 atom stereocenters. The van der Waals surface area contributed by atoms with E-state index in [1.54, 1.807) is 6.07 Å². The van der Waals surface area contributed by atoms with E-state index in [0.717, 1.165) is 51.0 Å². The fourth-order valence-corrected chi connectivity index (χ4v) is 3.85. The molecule has 1 aromatic carbocycles. The molecule has 2 heterocycles. The topological polar surface area (TPSA) is 32.8 Å². The van der Waals surface area contributed by atoms with E-state index >= 15 is 0 Å². The lowest BCUT2D eigenvalue weighted by Gasteiger charge is -2.49. The molecule has 1 spiro atoms. The average molecular weight is 371 g/mol. The van der Waals surface area contributed by atoms with Crippen LogP contribution in [0.25, 0.3) is 0 Å². The number of halogens is 2. The highest BCUT2D eigenvalue weighted by Gasteiger charge is 2.44. The van der Waals surface area contributed by atoms with Crippen LogP contribution in [0.2, 0.25) is 0 Å². The minimum Gasteiger partial charge on any atom is -0.360 e. The molecule has 0 bridgehead atoms. The summed E-state index contributed by atoms with van der Waals surface area (Å²) in [6.45, 7) is 8.06. The summed E-state index contributed by atoms with van der Waals surface area (Å²) < 4.78 is 19.8. The Morgan fingerprint density at radius 3 is 2.60 bits per heavy atom. The number of morpholine rings is 1. The van der Waals surface area contributed by atoms with Crippen molar-refractivity contribution in [2.24, 2.45) is 0 Å². The minimum atomic E-state index is -0.344. The maximum Gasteiger partial charge on any atom is 0.251 e. The van der Waals surface area contributed by atoms with E-state index in [0.29, 0.717) is 6.54 Å². The van der Waals surface area contributed by atoms with Gasteiger partial charge in [0.25, 0.3) is 5.91 Å². The third kappa shape index (κ3) is 4.52. The van der Waals surface area contributed by atoms with E-state index in [9.17, 15) is 9.18 Å². The first-order chi connectivity index (χ1) is 11.5. The smallest absolute Gasteiger partial charge is 0.251 e. The van der Waals surface area contributed by atoms with Crippen LogP contribution in [-0.2, 0) is 16.0 Å². The van der Waals surface area contributed by atoms with Gasteiger partial charge in [-0.3, -0.25) is 4.79 Å². The van der Waals surface area contributed by atoms with Gasteiger partial charge in [-0.25, -0.2) is 4.39 Å². The largest absolute Gasteiger partial charge is 0.360 e. The number of likely N-dealkylation sites (tertiary alicyclic amines) is 1. The Kier molecular flexibility index (Phi) is 6.83. The Balaban J connectivity index is 0.00000225. The first-order valence-electron chi connectivity index (χ1n) is 8.95. The lowest BCUT2D eigenvalue weighted by molar-refractivity contribution is -0.189. The van der Waals surface area contributed by atoms with E-state index in [-0.39, 0.29) is 35.8 Å². The zero-order valence-electron chi connectivity index (χ0n) is 15.0. The van der Waals surface area contributed by atoms with Crippen LogP contribution in [-0.4, -0.2) is 60.1 Å². The first-order valence-corrected chi connectivity index (χ1v) is 8.95. The number of likely N-dealkylation sites (N-methyl/N-ethyl adjacent to an activating group) is 1. The molecule has 3 rings (SSSR count). The molecule has 6 heteroatoms. The number of piperidine rings is 1. The number of hydrogen-bond acceptors (Lipinski definition) is 3. The Morgan fingerprint density at radius 2 is 1.96 bits per heavy atom. The molecule has 0 aliphatic carbocycles. The maximum absolute atomic E-state index is 13.7. The van der Waals surface area contributed by atoms with Crippen LogP contribution in [0, 0.1) is 5.82 Å². The van der Waals surface area contributed by atoms with Gasteiger partial charge in [-0.05, 0) is 44.7 Å². The van der Waals surface area contributed by atoms with E-state index in [4.69, 9.17) is 4.74 Å². The molecule has 2 aliphatic heterocycles. The molecule has 0 radical (unpaired) electrons. The number of ether oxygens (including phenoxy) is 1. The monoisotopic (exact) mass is 370 g/mol. The quantitative estimate of drug-likeness (QED) is 0.817. The molecule has 2 saturated heterocycles. The van der Waals surface area contributed by atoms with Crippen LogP contribution >= 0.6 is 12.4 Å². The van der Waals surface area contributed by atoms with Crippen LogP contribution in [0.5, 0.6) is 0 Å². The van der Waals surface area contributed by atoms with Gasteiger partial charge >= 0.3 is 0 Å². The van der Waals surface area contributed by atoms with Crippen molar-refractivity contribution in [1.29, 1.82) is 0 Å². The van der Waals surface area contributed by atoms with Crippen LogP contribution in [0.3, 0.4) is 0 Å². The van der Waals surface area contributed by atoms with Gasteiger partial charge in [0.2, 0.25) is 0 Å². The number of benzene rings is 1. The van der Waals surface area contributed by atoms with Gasteiger partial charge in [0.15, 0.2) is 0 Å². The second kappa shape index (κ2) is 8.47. The summed E-state index contributed by atoms with van der Waals surface area (Å²) in [5.41, 5.74) is 0.584. The molecule has 0 saturated carbocycles. The molecule has 1 amide bonds. The number of nitrogens with zero attached hydrogens (tertiary/aromatic N) is 2. The van der Waals surface area contributed by atoms with Crippen molar-refractivity contribution < 1.29 is 13.9 Å². The van der Waals surface area contributed by atoms with Crippen LogP contribution in [0.1, 0.15) is 32.3 Å². The summed E-state index contributed by atoms with van der Waals surface area (Å²) in [6.07, 6.45) is 2.25. The van der Waals surface area contributed by atoms with Crippen LogP contribution < -0.4 is 0 Å². The van der Waals surface area contributed by atoms with Gasteiger partial charge in [-0.2, -0.15) is 0 Å². The summed E-state index contributed by atoms with van der Waals surface area (Å²) in [5.74, 6) is -0.0161. The van der Waals surface area contributed by atoms with Crippen molar-refractivity contribution in [2.45, 2.75) is 44.8 Å². The summed E-state index contributed by atoms with van der Waals surface area (Å²) in [6, 6.07) is 6.99. The Labute approximate surface area is 155 Å². The van der Waals surface area contributed by atoms with Crippen molar-refractivity contribution in [3.05, 3.63) is 35.6 Å². The molecule has 4 nitrogen and oxygen atoms in total. The molecule has 2 aliphatic rings. The minimum absolute atomic E-state index is 0. The van der Waals surface area contributed by atoms with Gasteiger partial charge < -0.3 is 14.5 Å². The van der Waals surface area contributed by atoms with Gasteiger partial charge in [0.1, 0.15) is 11.9 Å². The lowest BCUT2D eigenvalue weighted by Crippen LogP contribution is -2.61. The van der Waals surface area contributed by atoms with Gasteiger partial charge in [-0.15, -0.1) is 12.4 Å². The SMILES string of the molecule is CCN1CC2(CCN(CCc3ccccc3F)CC2)O[C@H](C)C1=O.Cl. The summed E-state index contributed by atoms with van der Waals surface area (Å²) in [5, 5.41) is 0. The normalized spacial score (nSPS) is 23.6. The number of amides is 1. The lowest BCUT2D eigenvalue weighted by atomic mass is 9.88.